The van der Waals surface area contributed by atoms with Crippen LogP contribution in [0.3, 0.4) is 0 Å². The molecule has 0 N–H and O–H groups in total. The van der Waals surface area contributed by atoms with Crippen molar-refractivity contribution < 1.29 is 9.31 Å². The fraction of sp³-hybridized carbons (Fsp3) is 0.538. The van der Waals surface area contributed by atoms with E-state index < -0.39 is 0 Å². The van der Waals surface area contributed by atoms with Crippen molar-refractivity contribution in [3.8, 4) is 0 Å². The summed E-state index contributed by atoms with van der Waals surface area (Å²) in [5.41, 5.74) is 0.598. The highest BCUT2D eigenvalue weighted by atomic mass is 16.7. The number of rotatable bonds is 3. The van der Waals surface area contributed by atoms with E-state index in [0.29, 0.717) is 0 Å². The van der Waals surface area contributed by atoms with Gasteiger partial charge in [-0.15, -0.1) is 0 Å². The lowest BCUT2D eigenvalue weighted by atomic mass is 9.89. The molecule has 0 aromatic carbocycles. The summed E-state index contributed by atoms with van der Waals surface area (Å²) >= 11 is 0. The first-order valence-corrected chi connectivity index (χ1v) is 5.62. The second-order valence-electron chi connectivity index (χ2n) is 5.13. The normalized spacial score (nSPS) is 24.1. The minimum absolute atomic E-state index is 0.266. The maximum absolute atomic E-state index is 5.83. The van der Waals surface area contributed by atoms with E-state index in [1.165, 1.54) is 0 Å². The van der Waals surface area contributed by atoms with E-state index in [-0.39, 0.29) is 18.3 Å². The Morgan fingerprint density at radius 3 is 2.06 bits per heavy atom. The van der Waals surface area contributed by atoms with E-state index in [0.717, 1.165) is 5.57 Å². The lowest BCUT2D eigenvalue weighted by Gasteiger charge is -2.32. The third kappa shape index (κ3) is 2.86. The van der Waals surface area contributed by atoms with E-state index in [4.69, 9.17) is 9.31 Å². The third-order valence-corrected chi connectivity index (χ3v) is 3.17. The molecule has 0 bridgehead atoms. The topological polar surface area (TPSA) is 18.5 Å². The summed E-state index contributed by atoms with van der Waals surface area (Å²) in [4.78, 5) is 0. The highest BCUT2D eigenvalue weighted by molar-refractivity contribution is 6.51. The SMILES string of the molecule is C=CC=C(C)C=CB1OC(C)(C)C(C)(C)O1. The molecule has 0 atom stereocenters. The molecule has 0 amide bonds. The van der Waals surface area contributed by atoms with Gasteiger partial charge in [-0.2, -0.15) is 0 Å². The molecule has 1 aliphatic heterocycles. The molecule has 0 unspecified atom stereocenters. The predicted molar refractivity (Wildman–Crippen MR) is 69.2 cm³/mol. The van der Waals surface area contributed by atoms with Gasteiger partial charge >= 0.3 is 7.12 Å². The summed E-state index contributed by atoms with van der Waals surface area (Å²) in [7, 11) is -0.266. The zero-order chi connectivity index (χ0) is 12.4. The van der Waals surface area contributed by atoms with Gasteiger partial charge in [-0.05, 0) is 34.6 Å². The van der Waals surface area contributed by atoms with Crippen molar-refractivity contribution >= 4 is 7.12 Å². The van der Waals surface area contributed by atoms with Crippen molar-refractivity contribution in [3.05, 3.63) is 36.4 Å². The number of hydrogen-bond acceptors (Lipinski definition) is 2. The molecule has 0 aliphatic carbocycles. The molecule has 1 heterocycles. The van der Waals surface area contributed by atoms with Gasteiger partial charge in [-0.1, -0.05) is 36.4 Å². The van der Waals surface area contributed by atoms with Crippen LogP contribution in [0.15, 0.2) is 36.4 Å². The van der Waals surface area contributed by atoms with Crippen LogP contribution in [0.5, 0.6) is 0 Å². The van der Waals surface area contributed by atoms with Gasteiger partial charge in [0.25, 0.3) is 0 Å². The monoisotopic (exact) mass is 220 g/mol. The molecule has 0 aromatic heterocycles. The summed E-state index contributed by atoms with van der Waals surface area (Å²) in [5, 5.41) is 0. The molecule has 2 nitrogen and oxygen atoms in total. The van der Waals surface area contributed by atoms with Gasteiger partial charge in [-0.3, -0.25) is 0 Å². The van der Waals surface area contributed by atoms with Crippen molar-refractivity contribution in [2.24, 2.45) is 0 Å². The quantitative estimate of drug-likeness (QED) is 0.536. The molecular formula is C13H21BO2. The van der Waals surface area contributed by atoms with E-state index in [2.05, 4.69) is 6.58 Å². The second-order valence-corrected chi connectivity index (χ2v) is 5.13. The summed E-state index contributed by atoms with van der Waals surface area (Å²) in [6, 6.07) is 0. The highest BCUT2D eigenvalue weighted by Crippen LogP contribution is 2.36. The molecular weight excluding hydrogens is 199 g/mol. The van der Waals surface area contributed by atoms with Crippen molar-refractivity contribution in [2.45, 2.75) is 45.8 Å². The molecule has 3 heteroatoms. The fourth-order valence-electron chi connectivity index (χ4n) is 1.44. The Labute approximate surface area is 99.2 Å². The Hall–Kier alpha value is -0.795. The lowest BCUT2D eigenvalue weighted by Crippen LogP contribution is -2.41. The van der Waals surface area contributed by atoms with Crippen LogP contribution in [0.4, 0.5) is 0 Å². The van der Waals surface area contributed by atoms with Crippen LogP contribution in [0.2, 0.25) is 0 Å². The molecule has 1 fully saturated rings. The molecule has 0 radical (unpaired) electrons. The van der Waals surface area contributed by atoms with E-state index in [1.807, 2.05) is 52.7 Å². The van der Waals surface area contributed by atoms with Crippen LogP contribution in [-0.2, 0) is 9.31 Å². The molecule has 1 rings (SSSR count). The third-order valence-electron chi connectivity index (χ3n) is 3.17. The van der Waals surface area contributed by atoms with Crippen molar-refractivity contribution in [1.82, 2.24) is 0 Å². The van der Waals surface area contributed by atoms with Crippen LogP contribution >= 0.6 is 0 Å². The maximum atomic E-state index is 5.83. The van der Waals surface area contributed by atoms with Crippen LogP contribution in [0, 0.1) is 0 Å². The second kappa shape index (κ2) is 4.60. The molecule has 0 spiro atoms. The number of hydrogen-bond donors (Lipinski definition) is 0. The summed E-state index contributed by atoms with van der Waals surface area (Å²) in [6.45, 7) is 13.9. The molecule has 1 aliphatic rings. The highest BCUT2D eigenvalue weighted by Gasteiger charge is 2.49. The zero-order valence-electron chi connectivity index (χ0n) is 10.9. The Balaban J connectivity index is 2.68. The minimum atomic E-state index is -0.266. The molecule has 16 heavy (non-hydrogen) atoms. The largest absolute Gasteiger partial charge is 0.487 e. The van der Waals surface area contributed by atoms with E-state index in [1.54, 1.807) is 6.08 Å². The molecule has 1 saturated heterocycles. The van der Waals surface area contributed by atoms with Crippen molar-refractivity contribution in [3.63, 3.8) is 0 Å². The summed E-state index contributed by atoms with van der Waals surface area (Å²) in [6.07, 6.45) is 5.70. The van der Waals surface area contributed by atoms with Crippen LogP contribution in [-0.4, -0.2) is 18.3 Å². The minimum Gasteiger partial charge on any atom is -0.400 e. The molecule has 0 aromatic rings. The average Bonchev–Trinajstić information content (AvgIpc) is 2.33. The van der Waals surface area contributed by atoms with Gasteiger partial charge < -0.3 is 9.31 Å². The Morgan fingerprint density at radius 1 is 1.12 bits per heavy atom. The lowest BCUT2D eigenvalue weighted by molar-refractivity contribution is 0.00578. The van der Waals surface area contributed by atoms with Crippen molar-refractivity contribution in [2.75, 3.05) is 0 Å². The summed E-state index contributed by atoms with van der Waals surface area (Å²) < 4.78 is 11.7. The van der Waals surface area contributed by atoms with Gasteiger partial charge in [0.2, 0.25) is 0 Å². The number of allylic oxidation sites excluding steroid dienone is 4. The zero-order valence-corrected chi connectivity index (χ0v) is 10.9. The van der Waals surface area contributed by atoms with E-state index >= 15 is 0 Å². The predicted octanol–water partition coefficient (Wildman–Crippen LogP) is 3.31. The van der Waals surface area contributed by atoms with Crippen molar-refractivity contribution in [1.29, 1.82) is 0 Å². The first kappa shape index (κ1) is 13.3. The maximum Gasteiger partial charge on any atom is 0.487 e. The fourth-order valence-corrected chi connectivity index (χ4v) is 1.44. The first-order chi connectivity index (χ1) is 7.28. The first-order valence-electron chi connectivity index (χ1n) is 5.62. The van der Waals surface area contributed by atoms with Gasteiger partial charge in [0.05, 0.1) is 11.2 Å². The Kier molecular flexibility index (Phi) is 3.82. The van der Waals surface area contributed by atoms with Gasteiger partial charge in [-0.25, -0.2) is 0 Å². The van der Waals surface area contributed by atoms with Crippen LogP contribution < -0.4 is 0 Å². The average molecular weight is 220 g/mol. The van der Waals surface area contributed by atoms with Crippen LogP contribution in [0.25, 0.3) is 0 Å². The standard InChI is InChI=1S/C13H21BO2/c1-7-8-11(2)9-10-14-15-12(3,4)13(5,6)16-14/h7-10H,1H2,2-6H3. The van der Waals surface area contributed by atoms with Gasteiger partial charge in [0.15, 0.2) is 0 Å². The van der Waals surface area contributed by atoms with Gasteiger partial charge in [0, 0.05) is 0 Å². The van der Waals surface area contributed by atoms with E-state index in [9.17, 15) is 0 Å². The van der Waals surface area contributed by atoms with Gasteiger partial charge in [0.1, 0.15) is 0 Å². The van der Waals surface area contributed by atoms with Crippen LogP contribution in [0.1, 0.15) is 34.6 Å². The Bertz CT molecular complexity index is 311. The smallest absolute Gasteiger partial charge is 0.400 e. The molecule has 88 valence electrons. The Morgan fingerprint density at radius 2 is 1.62 bits per heavy atom. The molecule has 0 saturated carbocycles. The summed E-state index contributed by atoms with van der Waals surface area (Å²) in [5.74, 6) is 1.94.